The molecule has 3 rings (SSSR count). The van der Waals surface area contributed by atoms with Crippen LogP contribution in [-0.4, -0.2) is 33.9 Å². The summed E-state index contributed by atoms with van der Waals surface area (Å²) >= 11 is 1.49. The monoisotopic (exact) mass is 396 g/mol. The summed E-state index contributed by atoms with van der Waals surface area (Å²) in [5, 5.41) is 13.0. The van der Waals surface area contributed by atoms with Crippen molar-refractivity contribution in [3.05, 3.63) is 53.5 Å². The fourth-order valence-electron chi connectivity index (χ4n) is 2.79. The van der Waals surface area contributed by atoms with Gasteiger partial charge < -0.3 is 10.4 Å². The first kappa shape index (κ1) is 20.2. The van der Waals surface area contributed by atoms with Crippen molar-refractivity contribution < 1.29 is 14.7 Å². The summed E-state index contributed by atoms with van der Waals surface area (Å²) in [6.45, 7) is 3.31. The van der Waals surface area contributed by atoms with Crippen LogP contribution in [0.25, 0.3) is 21.3 Å². The molecule has 0 fully saturated rings. The smallest absolute Gasteiger partial charge is 0.227 e. The van der Waals surface area contributed by atoms with Gasteiger partial charge >= 0.3 is 0 Å². The molecule has 0 saturated heterocycles. The number of ketones is 1. The van der Waals surface area contributed by atoms with Crippen molar-refractivity contribution in [1.29, 1.82) is 0 Å². The number of fused-ring (bicyclic) bond motifs is 1. The van der Waals surface area contributed by atoms with Crippen LogP contribution >= 0.6 is 11.3 Å². The van der Waals surface area contributed by atoms with Crippen LogP contribution in [0.3, 0.4) is 0 Å². The number of nitrogens with one attached hydrogen (secondary N) is 1. The molecule has 1 aromatic heterocycles. The molecule has 1 amide bonds. The number of nitrogens with zero attached hydrogens (tertiary/aromatic N) is 1. The molecule has 1 heterocycles. The minimum absolute atomic E-state index is 0.0159. The molecule has 0 radical (unpaired) electrons. The molecular formula is C22H24N2O3S. The molecule has 0 saturated carbocycles. The van der Waals surface area contributed by atoms with Gasteiger partial charge in [-0.1, -0.05) is 36.4 Å². The highest BCUT2D eigenvalue weighted by Crippen LogP contribution is 2.28. The molecule has 0 bridgehead atoms. The lowest BCUT2D eigenvalue weighted by Gasteiger charge is -2.15. The number of carbonyl (C=O) groups excluding carboxylic acids is 2. The predicted molar refractivity (Wildman–Crippen MR) is 112 cm³/mol. The number of thiazole rings is 1. The lowest BCUT2D eigenvalue weighted by molar-refractivity contribution is -0.125. The van der Waals surface area contributed by atoms with Crippen LogP contribution in [0, 0.1) is 0 Å². The van der Waals surface area contributed by atoms with Gasteiger partial charge in [-0.05, 0) is 43.5 Å². The Balaban J connectivity index is 1.58. The van der Waals surface area contributed by atoms with Gasteiger partial charge in [-0.25, -0.2) is 4.98 Å². The number of aliphatic hydroxyl groups is 1. The number of benzene rings is 2. The molecule has 0 unspecified atom stereocenters. The topological polar surface area (TPSA) is 79.3 Å². The molecule has 0 aliphatic carbocycles. The Labute approximate surface area is 168 Å². The minimum atomic E-state index is -0.876. The van der Waals surface area contributed by atoms with Gasteiger partial charge in [-0.3, -0.25) is 9.59 Å². The van der Waals surface area contributed by atoms with Crippen LogP contribution in [0.1, 0.15) is 31.7 Å². The Morgan fingerprint density at radius 1 is 1.11 bits per heavy atom. The zero-order valence-electron chi connectivity index (χ0n) is 16.1. The molecule has 3 aromatic rings. The Kier molecular flexibility index (Phi) is 6.21. The average molecular weight is 397 g/mol. The Morgan fingerprint density at radius 2 is 1.86 bits per heavy atom. The summed E-state index contributed by atoms with van der Waals surface area (Å²) in [6.07, 6.45) is 0.773. The van der Waals surface area contributed by atoms with Crippen molar-refractivity contribution in [2.24, 2.45) is 0 Å². The van der Waals surface area contributed by atoms with E-state index in [1.165, 1.54) is 11.3 Å². The zero-order valence-corrected chi connectivity index (χ0v) is 16.9. The van der Waals surface area contributed by atoms with E-state index >= 15 is 0 Å². The fraction of sp³-hybridized carbons (Fsp3) is 0.318. The predicted octanol–water partition coefficient (Wildman–Crippen LogP) is 3.74. The maximum Gasteiger partial charge on any atom is 0.227 e. The molecule has 0 aliphatic heterocycles. The first-order chi connectivity index (χ1) is 13.3. The number of amides is 1. The van der Waals surface area contributed by atoms with Crippen LogP contribution in [-0.2, 0) is 16.0 Å². The fourth-order valence-corrected chi connectivity index (χ4v) is 3.79. The third-order valence-electron chi connectivity index (χ3n) is 4.35. The Hall–Kier alpha value is -2.57. The van der Waals surface area contributed by atoms with Crippen LogP contribution in [0.5, 0.6) is 0 Å². The molecule has 0 spiro atoms. The summed E-state index contributed by atoms with van der Waals surface area (Å²) < 4.78 is 1.03. The lowest BCUT2D eigenvalue weighted by atomic mass is 10.0. The average Bonchev–Trinajstić information content (AvgIpc) is 3.06. The number of carbonyl (C=O) groups is 2. The van der Waals surface area contributed by atoms with Crippen molar-refractivity contribution in [2.45, 2.75) is 38.7 Å². The van der Waals surface area contributed by atoms with E-state index in [2.05, 4.69) is 28.5 Å². The maximum atomic E-state index is 12.1. The normalized spacial score (nSPS) is 11.5. The van der Waals surface area contributed by atoms with Gasteiger partial charge in [0.15, 0.2) is 5.78 Å². The second-order valence-corrected chi connectivity index (χ2v) is 8.58. The maximum absolute atomic E-state index is 12.1. The van der Waals surface area contributed by atoms with Gasteiger partial charge in [-0.2, -0.15) is 0 Å². The SMILES string of the molecule is CC(C)(O)CCC(=O)CNC(=O)Cc1nc2ccc(-c3ccccc3)cc2s1. The van der Waals surface area contributed by atoms with Crippen molar-refractivity contribution in [3.8, 4) is 11.1 Å². The molecule has 28 heavy (non-hydrogen) atoms. The van der Waals surface area contributed by atoms with E-state index in [0.29, 0.717) is 6.42 Å². The molecule has 0 atom stereocenters. The lowest BCUT2D eigenvalue weighted by Crippen LogP contribution is -2.31. The van der Waals surface area contributed by atoms with E-state index in [4.69, 9.17) is 0 Å². The van der Waals surface area contributed by atoms with Crippen LogP contribution in [0.15, 0.2) is 48.5 Å². The van der Waals surface area contributed by atoms with Gasteiger partial charge in [0, 0.05) is 6.42 Å². The largest absolute Gasteiger partial charge is 0.390 e. The van der Waals surface area contributed by atoms with E-state index < -0.39 is 5.60 Å². The Bertz CT molecular complexity index is 974. The zero-order chi connectivity index (χ0) is 20.1. The van der Waals surface area contributed by atoms with Crippen LogP contribution in [0.4, 0.5) is 0 Å². The van der Waals surface area contributed by atoms with Crippen molar-refractivity contribution in [2.75, 3.05) is 6.54 Å². The van der Waals surface area contributed by atoms with Gasteiger partial charge in [-0.15, -0.1) is 11.3 Å². The molecule has 5 nitrogen and oxygen atoms in total. The highest BCUT2D eigenvalue weighted by Gasteiger charge is 2.16. The standard InChI is InChI=1S/C22H24N2O3S/c1-22(2,27)11-10-17(25)14-23-20(26)13-21-24-18-9-8-16(12-19(18)28-21)15-6-4-3-5-7-15/h3-9,12,27H,10-11,13-14H2,1-2H3,(H,23,26). The third-order valence-corrected chi connectivity index (χ3v) is 5.37. The quantitative estimate of drug-likeness (QED) is 0.608. The summed E-state index contributed by atoms with van der Waals surface area (Å²) in [6, 6.07) is 16.2. The number of Topliss-reactive ketones (excluding diaryl/α,β-unsaturated/α-hetero) is 1. The van der Waals surface area contributed by atoms with E-state index in [1.54, 1.807) is 13.8 Å². The summed E-state index contributed by atoms with van der Waals surface area (Å²) in [5.41, 5.74) is 2.25. The number of hydrogen-bond acceptors (Lipinski definition) is 5. The Morgan fingerprint density at radius 3 is 2.57 bits per heavy atom. The van der Waals surface area contributed by atoms with Gasteiger partial charge in [0.1, 0.15) is 5.01 Å². The van der Waals surface area contributed by atoms with Gasteiger partial charge in [0.25, 0.3) is 0 Å². The highest BCUT2D eigenvalue weighted by atomic mass is 32.1. The molecular weight excluding hydrogens is 372 g/mol. The minimum Gasteiger partial charge on any atom is -0.390 e. The molecule has 2 N–H and O–H groups in total. The number of rotatable bonds is 8. The van der Waals surface area contributed by atoms with Gasteiger partial charge in [0.2, 0.25) is 5.91 Å². The van der Waals surface area contributed by atoms with E-state index in [1.807, 2.05) is 30.3 Å². The first-order valence-electron chi connectivity index (χ1n) is 9.26. The number of aromatic nitrogens is 1. The van der Waals surface area contributed by atoms with E-state index in [0.717, 1.165) is 26.4 Å². The second kappa shape index (κ2) is 8.63. The molecule has 2 aromatic carbocycles. The summed E-state index contributed by atoms with van der Waals surface area (Å²) in [4.78, 5) is 28.5. The van der Waals surface area contributed by atoms with E-state index in [9.17, 15) is 14.7 Å². The third kappa shape index (κ3) is 5.71. The molecule has 6 heteroatoms. The number of hydrogen-bond donors (Lipinski definition) is 2. The first-order valence-corrected chi connectivity index (χ1v) is 10.1. The molecule has 146 valence electrons. The van der Waals surface area contributed by atoms with Gasteiger partial charge in [0.05, 0.1) is 28.8 Å². The second-order valence-electron chi connectivity index (χ2n) is 7.46. The summed E-state index contributed by atoms with van der Waals surface area (Å²) in [7, 11) is 0. The van der Waals surface area contributed by atoms with Crippen LogP contribution < -0.4 is 5.32 Å². The highest BCUT2D eigenvalue weighted by molar-refractivity contribution is 7.18. The van der Waals surface area contributed by atoms with Crippen LogP contribution in [0.2, 0.25) is 0 Å². The van der Waals surface area contributed by atoms with Crippen molar-refractivity contribution >= 4 is 33.2 Å². The van der Waals surface area contributed by atoms with E-state index in [-0.39, 0.29) is 31.1 Å². The van der Waals surface area contributed by atoms with Crippen molar-refractivity contribution in [3.63, 3.8) is 0 Å². The van der Waals surface area contributed by atoms with Crippen molar-refractivity contribution in [1.82, 2.24) is 10.3 Å². The molecule has 0 aliphatic rings. The summed E-state index contributed by atoms with van der Waals surface area (Å²) in [5.74, 6) is -0.314.